The molecule has 1 fully saturated rings. The quantitative estimate of drug-likeness (QED) is 0.815. The third-order valence-electron chi connectivity index (χ3n) is 4.45. The van der Waals surface area contributed by atoms with Crippen molar-refractivity contribution in [3.8, 4) is 0 Å². The van der Waals surface area contributed by atoms with E-state index in [9.17, 15) is 13.2 Å². The van der Waals surface area contributed by atoms with E-state index in [2.05, 4.69) is 4.98 Å². The van der Waals surface area contributed by atoms with E-state index in [0.29, 0.717) is 25.1 Å². The highest BCUT2D eigenvalue weighted by molar-refractivity contribution is 7.88. The number of piperidine rings is 1. The number of hydrogen-bond acceptors (Lipinski definition) is 4. The first-order chi connectivity index (χ1) is 10.5. The maximum absolute atomic E-state index is 12.7. The fourth-order valence-electron chi connectivity index (χ4n) is 3.20. The second kappa shape index (κ2) is 5.96. The highest BCUT2D eigenvalue weighted by Crippen LogP contribution is 2.24. The van der Waals surface area contributed by atoms with Crippen molar-refractivity contribution >= 4 is 15.9 Å². The summed E-state index contributed by atoms with van der Waals surface area (Å²) >= 11 is 0. The molecule has 1 saturated heterocycles. The molecule has 1 amide bonds. The maximum atomic E-state index is 12.7. The predicted octanol–water partition coefficient (Wildman–Crippen LogP) is 1.03. The molecule has 2 aliphatic heterocycles. The molecular formula is C15H21N3O3S. The monoisotopic (exact) mass is 323 g/mol. The second-order valence-electron chi connectivity index (χ2n) is 6.02. The number of nitrogens with zero attached hydrogens (tertiary/aromatic N) is 3. The van der Waals surface area contributed by atoms with Crippen molar-refractivity contribution in [1.29, 1.82) is 0 Å². The second-order valence-corrected chi connectivity index (χ2v) is 8.01. The fourth-order valence-corrected chi connectivity index (χ4v) is 4.00. The average molecular weight is 323 g/mol. The number of aromatic nitrogens is 1. The summed E-state index contributed by atoms with van der Waals surface area (Å²) in [7, 11) is -3.21. The Kier molecular flexibility index (Phi) is 4.18. The Morgan fingerprint density at radius 2 is 1.86 bits per heavy atom. The topological polar surface area (TPSA) is 70.6 Å². The van der Waals surface area contributed by atoms with Gasteiger partial charge in [-0.25, -0.2) is 8.42 Å². The first kappa shape index (κ1) is 15.4. The molecule has 0 spiro atoms. The SMILES string of the molecule is CS(=O)(=O)N1CCc2c(cncc2C(=O)N2CCCCC2)C1. The minimum absolute atomic E-state index is 0.0388. The molecule has 0 aliphatic carbocycles. The number of carbonyl (C=O) groups excluding carboxylic acids is 1. The van der Waals surface area contributed by atoms with Crippen LogP contribution in [0.25, 0.3) is 0 Å². The van der Waals surface area contributed by atoms with Crippen LogP contribution >= 0.6 is 0 Å². The highest BCUT2D eigenvalue weighted by Gasteiger charge is 2.28. The van der Waals surface area contributed by atoms with E-state index in [1.807, 2.05) is 4.90 Å². The number of hydrogen-bond donors (Lipinski definition) is 0. The Balaban J connectivity index is 1.88. The summed E-state index contributed by atoms with van der Waals surface area (Å²) in [5.41, 5.74) is 2.46. The number of sulfonamides is 1. The summed E-state index contributed by atoms with van der Waals surface area (Å²) in [4.78, 5) is 18.8. The molecule has 3 heterocycles. The standard InChI is InChI=1S/C15H21N3O3S/c1-22(20,21)18-8-5-13-12(11-18)9-16-10-14(13)15(19)17-6-3-2-4-7-17/h9-10H,2-8,11H2,1H3. The van der Waals surface area contributed by atoms with E-state index in [-0.39, 0.29) is 5.91 Å². The lowest BCUT2D eigenvalue weighted by Crippen LogP contribution is -2.39. The van der Waals surface area contributed by atoms with Crippen LogP contribution in [0.1, 0.15) is 40.7 Å². The number of rotatable bonds is 2. The van der Waals surface area contributed by atoms with Crippen LogP contribution in [0.5, 0.6) is 0 Å². The zero-order chi connectivity index (χ0) is 15.7. The van der Waals surface area contributed by atoms with Crippen molar-refractivity contribution in [2.24, 2.45) is 0 Å². The molecule has 1 aromatic heterocycles. The molecule has 7 heteroatoms. The van der Waals surface area contributed by atoms with Crippen LogP contribution in [0.2, 0.25) is 0 Å². The van der Waals surface area contributed by atoms with Gasteiger partial charge >= 0.3 is 0 Å². The van der Waals surface area contributed by atoms with Crippen molar-refractivity contribution in [2.45, 2.75) is 32.2 Å². The van der Waals surface area contributed by atoms with E-state index in [0.717, 1.165) is 37.1 Å². The highest BCUT2D eigenvalue weighted by atomic mass is 32.2. The molecule has 0 bridgehead atoms. The van der Waals surface area contributed by atoms with Crippen molar-refractivity contribution < 1.29 is 13.2 Å². The summed E-state index contributed by atoms with van der Waals surface area (Å²) in [6.45, 7) is 2.34. The van der Waals surface area contributed by atoms with E-state index in [1.165, 1.54) is 17.0 Å². The van der Waals surface area contributed by atoms with Gasteiger partial charge in [0, 0.05) is 38.6 Å². The number of amides is 1. The molecule has 22 heavy (non-hydrogen) atoms. The third-order valence-corrected chi connectivity index (χ3v) is 5.70. The lowest BCUT2D eigenvalue weighted by molar-refractivity contribution is 0.0722. The third kappa shape index (κ3) is 3.01. The van der Waals surface area contributed by atoms with E-state index in [4.69, 9.17) is 0 Å². The van der Waals surface area contributed by atoms with Gasteiger partial charge in [0.25, 0.3) is 5.91 Å². The molecule has 1 aromatic rings. The Morgan fingerprint density at radius 3 is 2.55 bits per heavy atom. The van der Waals surface area contributed by atoms with E-state index < -0.39 is 10.0 Å². The summed E-state index contributed by atoms with van der Waals surface area (Å²) in [6, 6.07) is 0. The lowest BCUT2D eigenvalue weighted by Gasteiger charge is -2.30. The van der Waals surface area contributed by atoms with Crippen molar-refractivity contribution in [1.82, 2.24) is 14.2 Å². The number of carbonyl (C=O) groups is 1. The van der Waals surface area contributed by atoms with Gasteiger partial charge < -0.3 is 4.90 Å². The zero-order valence-corrected chi connectivity index (χ0v) is 13.6. The summed E-state index contributed by atoms with van der Waals surface area (Å²) < 4.78 is 24.8. The van der Waals surface area contributed by atoms with Gasteiger partial charge in [-0.15, -0.1) is 0 Å². The molecule has 0 unspecified atom stereocenters. The van der Waals surface area contributed by atoms with Gasteiger partial charge in [0.05, 0.1) is 11.8 Å². The molecule has 0 aromatic carbocycles. The summed E-state index contributed by atoms with van der Waals surface area (Å²) in [5.74, 6) is 0.0388. The Bertz CT molecular complexity index is 681. The smallest absolute Gasteiger partial charge is 0.255 e. The van der Waals surface area contributed by atoms with Crippen LogP contribution < -0.4 is 0 Å². The first-order valence-corrected chi connectivity index (χ1v) is 9.52. The molecule has 0 N–H and O–H groups in total. The largest absolute Gasteiger partial charge is 0.339 e. The van der Waals surface area contributed by atoms with Crippen LogP contribution in [0.4, 0.5) is 0 Å². The van der Waals surface area contributed by atoms with E-state index in [1.54, 1.807) is 12.4 Å². The fraction of sp³-hybridized carbons (Fsp3) is 0.600. The minimum atomic E-state index is -3.21. The Labute approximate surface area is 131 Å². The molecule has 0 radical (unpaired) electrons. The molecule has 0 atom stereocenters. The Hall–Kier alpha value is -1.47. The van der Waals surface area contributed by atoms with Crippen molar-refractivity contribution in [3.05, 3.63) is 29.1 Å². The number of pyridine rings is 1. The molecule has 0 saturated carbocycles. The van der Waals surface area contributed by atoms with Gasteiger partial charge in [-0.05, 0) is 36.8 Å². The average Bonchev–Trinajstić information content (AvgIpc) is 2.53. The van der Waals surface area contributed by atoms with Gasteiger partial charge in [-0.2, -0.15) is 4.31 Å². The molecular weight excluding hydrogens is 302 g/mol. The number of fused-ring (bicyclic) bond motifs is 1. The van der Waals surface area contributed by atoms with Gasteiger partial charge in [0.15, 0.2) is 0 Å². The number of likely N-dealkylation sites (tertiary alicyclic amines) is 1. The van der Waals surface area contributed by atoms with Crippen LogP contribution in [0.15, 0.2) is 12.4 Å². The predicted molar refractivity (Wildman–Crippen MR) is 82.9 cm³/mol. The lowest BCUT2D eigenvalue weighted by atomic mass is 9.97. The normalized spacial score (nSPS) is 19.8. The van der Waals surface area contributed by atoms with Gasteiger partial charge in [-0.1, -0.05) is 0 Å². The van der Waals surface area contributed by atoms with Crippen LogP contribution in [-0.2, 0) is 23.0 Å². The van der Waals surface area contributed by atoms with Crippen molar-refractivity contribution in [2.75, 3.05) is 25.9 Å². The molecule has 3 rings (SSSR count). The van der Waals surface area contributed by atoms with Crippen LogP contribution in [0, 0.1) is 0 Å². The van der Waals surface area contributed by atoms with Gasteiger partial charge in [-0.3, -0.25) is 9.78 Å². The van der Waals surface area contributed by atoms with Gasteiger partial charge in [0.1, 0.15) is 0 Å². The first-order valence-electron chi connectivity index (χ1n) is 7.67. The van der Waals surface area contributed by atoms with Gasteiger partial charge in [0.2, 0.25) is 10.0 Å². The van der Waals surface area contributed by atoms with Crippen LogP contribution in [-0.4, -0.2) is 54.4 Å². The van der Waals surface area contributed by atoms with Crippen molar-refractivity contribution in [3.63, 3.8) is 0 Å². The minimum Gasteiger partial charge on any atom is -0.339 e. The summed E-state index contributed by atoms with van der Waals surface area (Å²) in [6.07, 6.45) is 8.38. The molecule has 6 nitrogen and oxygen atoms in total. The summed E-state index contributed by atoms with van der Waals surface area (Å²) in [5, 5.41) is 0. The maximum Gasteiger partial charge on any atom is 0.255 e. The van der Waals surface area contributed by atoms with E-state index >= 15 is 0 Å². The Morgan fingerprint density at radius 1 is 1.14 bits per heavy atom. The molecule has 120 valence electrons. The van der Waals surface area contributed by atoms with Crippen LogP contribution in [0.3, 0.4) is 0 Å². The zero-order valence-electron chi connectivity index (χ0n) is 12.8. The molecule has 2 aliphatic rings.